The molecule has 6 heteroatoms. The lowest BCUT2D eigenvalue weighted by Gasteiger charge is -2.19. The first kappa shape index (κ1) is 15.5. The van der Waals surface area contributed by atoms with Crippen molar-refractivity contribution in [2.45, 2.75) is 6.42 Å². The maximum atomic E-state index is 12.4. The molecule has 0 radical (unpaired) electrons. The zero-order chi connectivity index (χ0) is 16.1. The van der Waals surface area contributed by atoms with E-state index in [1.165, 1.54) is 17.0 Å². The smallest absolute Gasteiger partial charge is 0.349 e. The highest BCUT2D eigenvalue weighted by Crippen LogP contribution is 2.14. The number of benzene rings is 1. The summed E-state index contributed by atoms with van der Waals surface area (Å²) in [5.74, 6) is -1.59. The molecule has 0 fully saturated rings. The number of carbonyl (C=O) groups excluding carboxylic acids is 1. The minimum atomic E-state index is -1.02. The summed E-state index contributed by atoms with van der Waals surface area (Å²) >= 11 is 0. The maximum Gasteiger partial charge on any atom is 0.349 e. The SMILES string of the molecule is C=CCN(CCC(=O)O)C(=O)c1cc2ccccc2oc1=O. The highest BCUT2D eigenvalue weighted by molar-refractivity contribution is 5.96. The fourth-order valence-corrected chi connectivity index (χ4v) is 2.04. The average molecular weight is 301 g/mol. The van der Waals surface area contributed by atoms with Crippen LogP contribution in [0.1, 0.15) is 16.8 Å². The van der Waals surface area contributed by atoms with Crippen molar-refractivity contribution in [1.82, 2.24) is 4.90 Å². The summed E-state index contributed by atoms with van der Waals surface area (Å²) in [6.07, 6.45) is 1.26. The highest BCUT2D eigenvalue weighted by atomic mass is 16.4. The number of carboxylic acids is 1. The van der Waals surface area contributed by atoms with E-state index in [-0.39, 0.29) is 25.1 Å². The predicted molar refractivity (Wildman–Crippen MR) is 80.8 cm³/mol. The monoisotopic (exact) mass is 301 g/mol. The predicted octanol–water partition coefficient (Wildman–Crippen LogP) is 1.90. The number of para-hydroxylation sites is 1. The molecule has 2 aromatic rings. The van der Waals surface area contributed by atoms with Crippen molar-refractivity contribution in [3.63, 3.8) is 0 Å². The van der Waals surface area contributed by atoms with Crippen LogP contribution in [0.4, 0.5) is 0 Å². The van der Waals surface area contributed by atoms with Gasteiger partial charge in [0.15, 0.2) is 0 Å². The Balaban J connectivity index is 2.37. The van der Waals surface area contributed by atoms with Crippen molar-refractivity contribution in [3.8, 4) is 0 Å². The van der Waals surface area contributed by atoms with Crippen LogP contribution in [0.3, 0.4) is 0 Å². The molecule has 0 aliphatic rings. The molecule has 0 saturated carbocycles. The number of carboxylic acid groups (broad SMARTS) is 1. The van der Waals surface area contributed by atoms with E-state index in [4.69, 9.17) is 9.52 Å². The van der Waals surface area contributed by atoms with Gasteiger partial charge in [-0.2, -0.15) is 0 Å². The van der Waals surface area contributed by atoms with Gasteiger partial charge in [-0.05, 0) is 12.1 Å². The number of rotatable bonds is 6. The Hall–Kier alpha value is -2.89. The van der Waals surface area contributed by atoms with Gasteiger partial charge in [-0.25, -0.2) is 4.79 Å². The molecule has 22 heavy (non-hydrogen) atoms. The molecule has 1 aromatic carbocycles. The molecule has 1 amide bonds. The fourth-order valence-electron chi connectivity index (χ4n) is 2.04. The van der Waals surface area contributed by atoms with E-state index in [2.05, 4.69) is 6.58 Å². The number of hydrogen-bond donors (Lipinski definition) is 1. The number of hydrogen-bond acceptors (Lipinski definition) is 4. The van der Waals surface area contributed by atoms with Gasteiger partial charge in [0, 0.05) is 18.5 Å². The molecule has 0 spiro atoms. The first-order valence-electron chi connectivity index (χ1n) is 6.68. The molecular weight excluding hydrogens is 286 g/mol. The van der Waals surface area contributed by atoms with Gasteiger partial charge in [-0.3, -0.25) is 9.59 Å². The lowest BCUT2D eigenvalue weighted by atomic mass is 10.1. The zero-order valence-electron chi connectivity index (χ0n) is 11.8. The zero-order valence-corrected chi connectivity index (χ0v) is 11.8. The number of fused-ring (bicyclic) bond motifs is 1. The average Bonchev–Trinajstić information content (AvgIpc) is 2.50. The van der Waals surface area contributed by atoms with Crippen molar-refractivity contribution in [2.75, 3.05) is 13.1 Å². The van der Waals surface area contributed by atoms with Crippen LogP contribution in [0, 0.1) is 0 Å². The molecule has 6 nitrogen and oxygen atoms in total. The molecular formula is C16H15NO5. The number of amides is 1. The van der Waals surface area contributed by atoms with E-state index in [0.717, 1.165) is 0 Å². The molecule has 1 aromatic heterocycles. The molecule has 0 saturated heterocycles. The van der Waals surface area contributed by atoms with Gasteiger partial charge in [0.2, 0.25) is 0 Å². The summed E-state index contributed by atoms with van der Waals surface area (Å²) in [4.78, 5) is 36.3. The normalized spacial score (nSPS) is 10.4. The molecule has 114 valence electrons. The Morgan fingerprint density at radius 1 is 1.32 bits per heavy atom. The largest absolute Gasteiger partial charge is 0.481 e. The summed E-state index contributed by atoms with van der Waals surface area (Å²) in [6.45, 7) is 3.68. The molecule has 0 unspecified atom stereocenters. The van der Waals surface area contributed by atoms with Gasteiger partial charge in [0.05, 0.1) is 6.42 Å². The summed E-state index contributed by atoms with van der Waals surface area (Å²) in [7, 11) is 0. The van der Waals surface area contributed by atoms with Crippen LogP contribution < -0.4 is 5.63 Å². The molecule has 0 aliphatic heterocycles. The number of nitrogens with zero attached hydrogens (tertiary/aromatic N) is 1. The lowest BCUT2D eigenvalue weighted by Crippen LogP contribution is -2.35. The molecule has 0 bridgehead atoms. The van der Waals surface area contributed by atoms with E-state index in [1.54, 1.807) is 24.3 Å². The van der Waals surface area contributed by atoms with Gasteiger partial charge in [0.25, 0.3) is 5.91 Å². The molecule has 1 N–H and O–H groups in total. The Kier molecular flexibility index (Phi) is 4.73. The quantitative estimate of drug-likeness (QED) is 0.650. The standard InChI is InChI=1S/C16H15NO5/c1-2-8-17(9-7-14(18)19)15(20)12-10-11-5-3-4-6-13(11)22-16(12)21/h2-6,10H,1,7-9H2,(H,18,19). The Morgan fingerprint density at radius 3 is 2.73 bits per heavy atom. The van der Waals surface area contributed by atoms with Crippen LogP contribution in [-0.4, -0.2) is 35.0 Å². The third kappa shape index (κ3) is 3.41. The number of carbonyl (C=O) groups is 2. The minimum Gasteiger partial charge on any atom is -0.481 e. The van der Waals surface area contributed by atoms with Crippen LogP contribution in [0.2, 0.25) is 0 Å². The Bertz CT molecular complexity index is 777. The Morgan fingerprint density at radius 2 is 2.05 bits per heavy atom. The second-order valence-electron chi connectivity index (χ2n) is 4.67. The van der Waals surface area contributed by atoms with Crippen LogP contribution in [0.25, 0.3) is 11.0 Å². The van der Waals surface area contributed by atoms with E-state index in [0.29, 0.717) is 11.0 Å². The van der Waals surface area contributed by atoms with E-state index < -0.39 is 17.5 Å². The van der Waals surface area contributed by atoms with Gasteiger partial charge in [-0.15, -0.1) is 6.58 Å². The van der Waals surface area contributed by atoms with Crippen LogP contribution in [0.15, 0.2) is 52.2 Å². The summed E-state index contributed by atoms with van der Waals surface area (Å²) in [5, 5.41) is 9.36. The first-order chi connectivity index (χ1) is 10.5. The summed E-state index contributed by atoms with van der Waals surface area (Å²) < 4.78 is 5.12. The van der Waals surface area contributed by atoms with Gasteiger partial charge < -0.3 is 14.4 Å². The molecule has 0 aliphatic carbocycles. The summed E-state index contributed by atoms with van der Waals surface area (Å²) in [6, 6.07) is 8.31. The highest BCUT2D eigenvalue weighted by Gasteiger charge is 2.20. The maximum absolute atomic E-state index is 12.4. The van der Waals surface area contributed by atoms with Crippen molar-refractivity contribution in [1.29, 1.82) is 0 Å². The van der Waals surface area contributed by atoms with Gasteiger partial charge in [-0.1, -0.05) is 24.3 Å². The van der Waals surface area contributed by atoms with Crippen LogP contribution in [-0.2, 0) is 4.79 Å². The second-order valence-corrected chi connectivity index (χ2v) is 4.67. The molecule has 0 atom stereocenters. The van der Waals surface area contributed by atoms with Crippen LogP contribution >= 0.6 is 0 Å². The molecule has 2 rings (SSSR count). The van der Waals surface area contributed by atoms with Crippen molar-refractivity contribution in [3.05, 3.63) is 59.0 Å². The van der Waals surface area contributed by atoms with E-state index in [1.807, 2.05) is 0 Å². The summed E-state index contributed by atoms with van der Waals surface area (Å²) in [5.41, 5.74) is -0.469. The van der Waals surface area contributed by atoms with E-state index >= 15 is 0 Å². The lowest BCUT2D eigenvalue weighted by molar-refractivity contribution is -0.137. The molecule has 1 heterocycles. The van der Waals surface area contributed by atoms with E-state index in [9.17, 15) is 14.4 Å². The number of aliphatic carboxylic acids is 1. The third-order valence-electron chi connectivity index (χ3n) is 3.10. The third-order valence-corrected chi connectivity index (χ3v) is 3.10. The van der Waals surface area contributed by atoms with Crippen molar-refractivity contribution >= 4 is 22.8 Å². The topological polar surface area (TPSA) is 87.8 Å². The van der Waals surface area contributed by atoms with Crippen molar-refractivity contribution < 1.29 is 19.1 Å². The second kappa shape index (κ2) is 6.71. The van der Waals surface area contributed by atoms with Crippen LogP contribution in [0.5, 0.6) is 0 Å². The first-order valence-corrected chi connectivity index (χ1v) is 6.68. The van der Waals surface area contributed by atoms with Gasteiger partial charge in [0.1, 0.15) is 11.1 Å². The Labute approximate surface area is 126 Å². The van der Waals surface area contributed by atoms with Gasteiger partial charge >= 0.3 is 11.6 Å². The van der Waals surface area contributed by atoms with Crippen molar-refractivity contribution in [2.24, 2.45) is 0 Å². The minimum absolute atomic E-state index is 0.00749. The fraction of sp³-hybridized carbons (Fsp3) is 0.188.